The largest absolute Gasteiger partial charge is 0.348 e. The number of likely N-dealkylation sites (tertiary alicyclic amines) is 1. The molecule has 0 spiro atoms. The summed E-state index contributed by atoms with van der Waals surface area (Å²) in [7, 11) is 6.00. The van der Waals surface area contributed by atoms with E-state index >= 15 is 0 Å². The van der Waals surface area contributed by atoms with Gasteiger partial charge in [0.15, 0.2) is 0 Å². The van der Waals surface area contributed by atoms with Crippen LogP contribution in [0.5, 0.6) is 0 Å². The fourth-order valence-electron chi connectivity index (χ4n) is 2.58. The Morgan fingerprint density at radius 2 is 2.25 bits per heavy atom. The molecule has 112 valence electrons. The number of hydrogen-bond acceptors (Lipinski definition) is 4. The Morgan fingerprint density at radius 3 is 2.80 bits per heavy atom. The lowest BCUT2D eigenvalue weighted by Gasteiger charge is -2.22. The van der Waals surface area contributed by atoms with Gasteiger partial charge in [-0.3, -0.25) is 4.79 Å². The normalized spacial score (nSPS) is 16.8. The zero-order chi connectivity index (χ0) is 14.7. The first kappa shape index (κ1) is 14.8. The van der Waals surface area contributed by atoms with Crippen molar-refractivity contribution in [3.8, 4) is 0 Å². The van der Waals surface area contributed by atoms with Gasteiger partial charge in [-0.15, -0.1) is 0 Å². The van der Waals surface area contributed by atoms with Crippen LogP contribution in [-0.4, -0.2) is 53.6 Å². The fourth-order valence-corrected chi connectivity index (χ4v) is 2.58. The van der Waals surface area contributed by atoms with E-state index in [1.54, 1.807) is 0 Å². The predicted molar refractivity (Wildman–Crippen MR) is 79.7 cm³/mol. The summed E-state index contributed by atoms with van der Waals surface area (Å²) in [5, 5.41) is 3.47. The summed E-state index contributed by atoms with van der Waals surface area (Å²) in [4.78, 5) is 19.9. The number of anilines is 1. The van der Waals surface area contributed by atoms with E-state index in [1.165, 1.54) is 0 Å². The molecule has 1 unspecified atom stereocenters. The molecule has 1 aromatic rings. The van der Waals surface area contributed by atoms with Crippen LogP contribution in [0.4, 0.5) is 5.95 Å². The molecule has 1 N–H and O–H groups in total. The van der Waals surface area contributed by atoms with Crippen LogP contribution < -0.4 is 10.2 Å². The molecule has 1 saturated heterocycles. The lowest BCUT2D eigenvalue weighted by Crippen LogP contribution is -2.39. The molecule has 0 bridgehead atoms. The molecule has 1 aromatic heterocycles. The second-order valence-electron chi connectivity index (χ2n) is 5.73. The van der Waals surface area contributed by atoms with E-state index in [-0.39, 0.29) is 11.9 Å². The Labute approximate surface area is 120 Å². The van der Waals surface area contributed by atoms with Crippen LogP contribution in [0.2, 0.25) is 0 Å². The number of imidazole rings is 1. The van der Waals surface area contributed by atoms with E-state index in [9.17, 15) is 4.79 Å². The molecule has 20 heavy (non-hydrogen) atoms. The van der Waals surface area contributed by atoms with E-state index in [0.29, 0.717) is 6.42 Å². The number of nitrogens with one attached hydrogen (secondary N) is 1. The molecule has 2 rings (SSSR count). The van der Waals surface area contributed by atoms with Gasteiger partial charge in [0, 0.05) is 53.2 Å². The number of nitrogens with zero attached hydrogens (tertiary/aromatic N) is 4. The van der Waals surface area contributed by atoms with E-state index in [2.05, 4.69) is 21.8 Å². The minimum absolute atomic E-state index is 0.286. The van der Waals surface area contributed by atoms with Crippen LogP contribution in [0, 0.1) is 0 Å². The summed E-state index contributed by atoms with van der Waals surface area (Å²) >= 11 is 0. The number of hydrogen-bond donors (Lipinski definition) is 1. The fraction of sp³-hybridized carbons (Fsp3) is 0.714. The third-order valence-electron chi connectivity index (χ3n) is 3.76. The first-order valence-corrected chi connectivity index (χ1v) is 7.18. The van der Waals surface area contributed by atoms with Gasteiger partial charge in [0.25, 0.3) is 0 Å². The topological polar surface area (TPSA) is 53.4 Å². The van der Waals surface area contributed by atoms with Crippen molar-refractivity contribution in [2.24, 2.45) is 7.05 Å². The molecule has 1 fully saturated rings. The molecule has 2 heterocycles. The Hall–Kier alpha value is -1.56. The van der Waals surface area contributed by atoms with Crippen LogP contribution in [0.3, 0.4) is 0 Å². The van der Waals surface area contributed by atoms with Crippen molar-refractivity contribution in [1.29, 1.82) is 0 Å². The molecule has 1 aliphatic rings. The average molecular weight is 279 g/mol. The molecule has 6 heteroatoms. The van der Waals surface area contributed by atoms with Gasteiger partial charge in [-0.05, 0) is 13.3 Å². The number of rotatable bonds is 6. The summed E-state index contributed by atoms with van der Waals surface area (Å²) < 4.78 is 2.08. The zero-order valence-electron chi connectivity index (χ0n) is 12.9. The van der Waals surface area contributed by atoms with Crippen molar-refractivity contribution in [1.82, 2.24) is 19.8 Å². The first-order valence-electron chi connectivity index (χ1n) is 7.18. The van der Waals surface area contributed by atoms with Crippen LogP contribution in [0.15, 0.2) is 6.20 Å². The average Bonchev–Trinajstić information content (AvgIpc) is 2.94. The quantitative estimate of drug-likeness (QED) is 0.828. The van der Waals surface area contributed by atoms with Gasteiger partial charge in [-0.25, -0.2) is 4.98 Å². The second kappa shape index (κ2) is 6.26. The molecule has 6 nitrogen and oxygen atoms in total. The van der Waals surface area contributed by atoms with Crippen LogP contribution in [0.1, 0.15) is 25.5 Å². The number of carbonyl (C=O) groups is 1. The Balaban J connectivity index is 1.84. The molecule has 1 amide bonds. The molecule has 0 saturated carbocycles. The SMILES string of the molecule is CC(CN1CCCC1=O)NCc1cnc(N(C)C)n1C. The molecule has 0 aromatic carbocycles. The molecule has 1 aliphatic heterocycles. The number of carbonyl (C=O) groups excluding carboxylic acids is 1. The van der Waals surface area contributed by atoms with Gasteiger partial charge in [-0.2, -0.15) is 0 Å². The monoisotopic (exact) mass is 279 g/mol. The minimum atomic E-state index is 0.286. The summed E-state index contributed by atoms with van der Waals surface area (Å²) in [5.74, 6) is 1.23. The van der Waals surface area contributed by atoms with E-state index in [4.69, 9.17) is 0 Å². The summed E-state index contributed by atoms with van der Waals surface area (Å²) in [6.07, 6.45) is 3.61. The van der Waals surface area contributed by atoms with Gasteiger partial charge < -0.3 is 19.7 Å². The Kier molecular flexibility index (Phi) is 4.65. The Bertz CT molecular complexity index is 468. The van der Waals surface area contributed by atoms with Crippen molar-refractivity contribution in [3.63, 3.8) is 0 Å². The highest BCUT2D eigenvalue weighted by molar-refractivity contribution is 5.78. The molecule has 0 aliphatic carbocycles. The van der Waals surface area contributed by atoms with Crippen molar-refractivity contribution in [3.05, 3.63) is 11.9 Å². The summed E-state index contributed by atoms with van der Waals surface area (Å²) in [6, 6.07) is 0.287. The molecular weight excluding hydrogens is 254 g/mol. The van der Waals surface area contributed by atoms with Crippen LogP contribution in [0.25, 0.3) is 0 Å². The summed E-state index contributed by atoms with van der Waals surface area (Å²) in [6.45, 7) is 4.58. The van der Waals surface area contributed by atoms with Gasteiger partial charge in [0.2, 0.25) is 11.9 Å². The zero-order valence-corrected chi connectivity index (χ0v) is 12.9. The third-order valence-corrected chi connectivity index (χ3v) is 3.76. The van der Waals surface area contributed by atoms with Crippen LogP contribution >= 0.6 is 0 Å². The standard InChI is InChI=1S/C14H25N5O/c1-11(10-19-7-5-6-13(19)20)15-8-12-9-16-14(17(2)3)18(12)4/h9,11,15H,5-8,10H2,1-4H3. The molecular formula is C14H25N5O. The highest BCUT2D eigenvalue weighted by atomic mass is 16.2. The van der Waals surface area contributed by atoms with E-state index in [1.807, 2.05) is 37.1 Å². The van der Waals surface area contributed by atoms with Crippen LogP contribution in [-0.2, 0) is 18.4 Å². The highest BCUT2D eigenvalue weighted by Crippen LogP contribution is 2.12. The van der Waals surface area contributed by atoms with Gasteiger partial charge in [0.05, 0.1) is 11.9 Å². The lowest BCUT2D eigenvalue weighted by molar-refractivity contribution is -0.127. The maximum atomic E-state index is 11.6. The van der Waals surface area contributed by atoms with E-state index in [0.717, 1.165) is 37.7 Å². The van der Waals surface area contributed by atoms with Gasteiger partial charge in [-0.1, -0.05) is 0 Å². The van der Waals surface area contributed by atoms with Crippen molar-refractivity contribution < 1.29 is 4.79 Å². The lowest BCUT2D eigenvalue weighted by atomic mass is 10.3. The van der Waals surface area contributed by atoms with Crippen molar-refractivity contribution in [2.45, 2.75) is 32.4 Å². The van der Waals surface area contributed by atoms with Gasteiger partial charge >= 0.3 is 0 Å². The number of aromatic nitrogens is 2. The maximum Gasteiger partial charge on any atom is 0.222 e. The first-order chi connectivity index (χ1) is 9.49. The maximum absolute atomic E-state index is 11.6. The number of amides is 1. The smallest absolute Gasteiger partial charge is 0.222 e. The van der Waals surface area contributed by atoms with Crippen molar-refractivity contribution >= 4 is 11.9 Å². The predicted octanol–water partition coefficient (Wildman–Crippen LogP) is 0.587. The van der Waals surface area contributed by atoms with Gasteiger partial charge in [0.1, 0.15) is 0 Å². The second-order valence-corrected chi connectivity index (χ2v) is 5.73. The van der Waals surface area contributed by atoms with E-state index < -0.39 is 0 Å². The third kappa shape index (κ3) is 3.30. The minimum Gasteiger partial charge on any atom is -0.348 e. The Morgan fingerprint density at radius 1 is 1.50 bits per heavy atom. The summed E-state index contributed by atoms with van der Waals surface area (Å²) in [5.41, 5.74) is 1.15. The molecule has 1 atom stereocenters. The highest BCUT2D eigenvalue weighted by Gasteiger charge is 2.21. The molecule has 0 radical (unpaired) electrons. The van der Waals surface area contributed by atoms with Crippen molar-refractivity contribution in [2.75, 3.05) is 32.1 Å².